The summed E-state index contributed by atoms with van der Waals surface area (Å²) in [7, 11) is 2.99. The Bertz CT molecular complexity index is 2410. The predicted octanol–water partition coefficient (Wildman–Crippen LogP) is 5.93. The number of carbonyl (C=O) groups is 2. The average Bonchev–Trinajstić information content (AvgIpc) is 3.70. The van der Waals surface area contributed by atoms with Crippen molar-refractivity contribution >= 4 is 23.9 Å². The largest absolute Gasteiger partial charge is 0.514 e. The van der Waals surface area contributed by atoms with Gasteiger partial charge in [-0.1, -0.05) is 12.1 Å². The minimum absolute atomic E-state index is 0.0249. The number of methoxy groups -OCH3 is 2. The summed E-state index contributed by atoms with van der Waals surface area (Å²) in [5.41, 5.74) is 3.21. The van der Waals surface area contributed by atoms with Crippen molar-refractivity contribution in [2.45, 2.75) is 94.1 Å². The summed E-state index contributed by atoms with van der Waals surface area (Å²) >= 11 is 1.45. The number of hydrogen-bond donors (Lipinski definition) is 3. The van der Waals surface area contributed by atoms with Crippen LogP contribution in [0.2, 0.25) is 0 Å². The monoisotopic (exact) mass is 854 g/mol. The average molecular weight is 855 g/mol. The number of benzene rings is 3. The number of nitrogens with zero attached hydrogens (tertiary/aromatic N) is 3. The van der Waals surface area contributed by atoms with Crippen LogP contribution >= 0.6 is 11.8 Å². The van der Waals surface area contributed by atoms with Crippen molar-refractivity contribution in [3.63, 3.8) is 0 Å². The Balaban J connectivity index is 1.25. The van der Waals surface area contributed by atoms with Crippen LogP contribution in [0.15, 0.2) is 30.9 Å². The second kappa shape index (κ2) is 14.9. The highest BCUT2D eigenvalue weighted by atomic mass is 32.2. The molecular formula is C45H50N4O11S. The molecule has 2 fully saturated rings. The molecule has 0 amide bonds. The number of phenols is 2. The number of thioether (sulfide) groups is 1. The summed E-state index contributed by atoms with van der Waals surface area (Å²) in [4.78, 5) is 32.2. The summed E-state index contributed by atoms with van der Waals surface area (Å²) in [5, 5.41) is 38.8. The van der Waals surface area contributed by atoms with E-state index in [-0.39, 0.29) is 48.2 Å². The molecule has 7 aliphatic heterocycles. The van der Waals surface area contributed by atoms with E-state index in [1.54, 1.807) is 39.8 Å². The van der Waals surface area contributed by atoms with Gasteiger partial charge in [0.2, 0.25) is 6.79 Å². The van der Waals surface area contributed by atoms with E-state index in [9.17, 15) is 25.1 Å². The van der Waals surface area contributed by atoms with Crippen molar-refractivity contribution in [3.8, 4) is 46.3 Å². The highest BCUT2D eigenvalue weighted by Gasteiger charge is 2.62. The number of aryl methyl sites for hydroxylation is 1. The number of nitrogens with one attached hydrogen (secondary N) is 1. The second-order valence-corrected chi connectivity index (χ2v) is 18.5. The number of esters is 1. The molecule has 3 N–H and O–H groups in total. The molecule has 16 heteroatoms. The van der Waals surface area contributed by atoms with Crippen molar-refractivity contribution in [1.82, 2.24) is 15.1 Å². The first kappa shape index (κ1) is 41.0. The van der Waals surface area contributed by atoms with Gasteiger partial charge in [0.25, 0.3) is 0 Å². The van der Waals surface area contributed by atoms with Crippen LogP contribution in [-0.4, -0.2) is 102 Å². The van der Waals surface area contributed by atoms with Crippen LogP contribution in [0.5, 0.6) is 40.2 Å². The summed E-state index contributed by atoms with van der Waals surface area (Å²) in [5.74, 6) is 1.20. The number of fused-ring (bicyclic) bond motifs is 9. The van der Waals surface area contributed by atoms with Crippen molar-refractivity contribution in [2.75, 3.05) is 46.5 Å². The van der Waals surface area contributed by atoms with Gasteiger partial charge in [-0.05, 0) is 81.8 Å². The molecule has 0 saturated carbocycles. The van der Waals surface area contributed by atoms with Crippen LogP contribution in [0, 0.1) is 25.2 Å². The van der Waals surface area contributed by atoms with Gasteiger partial charge in [0.1, 0.15) is 24.0 Å². The summed E-state index contributed by atoms with van der Waals surface area (Å²) < 4.78 is 41.3. The molecule has 322 valence electrons. The van der Waals surface area contributed by atoms with Crippen LogP contribution in [0.3, 0.4) is 0 Å². The Morgan fingerprint density at radius 3 is 2.54 bits per heavy atom. The number of carbonyl (C=O) groups excluding carboxylic acids is 2. The van der Waals surface area contributed by atoms with E-state index < -0.39 is 52.7 Å². The Morgan fingerprint density at radius 2 is 1.84 bits per heavy atom. The second-order valence-electron chi connectivity index (χ2n) is 17.4. The smallest absolute Gasteiger partial charge is 0.507 e. The number of aromatic hydroxyl groups is 2. The lowest BCUT2D eigenvalue weighted by atomic mass is 9.71. The zero-order valence-electron chi connectivity index (χ0n) is 35.2. The molecule has 7 heterocycles. The van der Waals surface area contributed by atoms with E-state index >= 15 is 0 Å². The minimum Gasteiger partial charge on any atom is -0.507 e. The molecule has 7 atom stereocenters. The van der Waals surface area contributed by atoms with E-state index in [0.29, 0.717) is 71.0 Å². The zero-order chi connectivity index (χ0) is 43.3. The third-order valence-corrected chi connectivity index (χ3v) is 14.4. The standard InChI is InChI=1S/C45H50N4O11S/c1-9-12-48-26-14-24-13-21(2)38(55-8)37(51)31(24)34(48)35-41-33-32(40-39(57-20-58-40)22(3)36(33)50)28(49(35)27(26)17-46)18-56-42(52)45(19-61-41)25-16-29(54-7)30(15-23(25)10-11-47-45)59-43(53)60-44(4,5)6/h9,13,15-16,26-28,34-35,41,47,50-51H,1,10-12,14,18-20H2,2-8H3/t26-,27+,28-,34-,35?,41-,45-/m1/s1. The molecule has 1 spiro atoms. The zero-order valence-corrected chi connectivity index (χ0v) is 36.1. The van der Waals surface area contributed by atoms with Gasteiger partial charge in [0, 0.05) is 53.2 Å². The Hall–Kier alpha value is -5.34. The number of ether oxygens (including phenoxy) is 7. The van der Waals surface area contributed by atoms with Crippen molar-refractivity contribution in [3.05, 3.63) is 75.4 Å². The Kier molecular flexibility index (Phi) is 10.0. The number of piperazine rings is 1. The molecule has 61 heavy (non-hydrogen) atoms. The van der Waals surface area contributed by atoms with Crippen LogP contribution in [-0.2, 0) is 32.6 Å². The van der Waals surface area contributed by atoms with Gasteiger partial charge in [-0.25, -0.2) is 9.59 Å². The van der Waals surface area contributed by atoms with E-state index in [2.05, 4.69) is 27.8 Å². The molecular weight excluding hydrogens is 805 g/mol. The van der Waals surface area contributed by atoms with E-state index in [4.69, 9.17) is 33.2 Å². The SMILES string of the molecule is C=CCN1[C@@H]2c3c(cc(C)c(OC)c3O)C[C@@H]1[C@H](C#N)N1C2[C@@H]2SC[C@]3(NCCc4cc(OC(=O)OC(C)(C)C)c(OC)cc43)C(=O)OC[C@@H]1c1c3c(c(C)c(O)c12)OCO3. The molecule has 10 rings (SSSR count). The summed E-state index contributed by atoms with van der Waals surface area (Å²) in [6.07, 6.45) is 1.88. The molecule has 15 nitrogen and oxygen atoms in total. The molecule has 3 aromatic rings. The quantitative estimate of drug-likeness (QED) is 0.156. The highest BCUT2D eigenvalue weighted by Crippen LogP contribution is 2.64. The molecule has 3 aromatic carbocycles. The maximum absolute atomic E-state index is 15.0. The van der Waals surface area contributed by atoms with Crippen LogP contribution < -0.4 is 29.0 Å². The molecule has 0 radical (unpaired) electrons. The van der Waals surface area contributed by atoms with E-state index in [1.165, 1.54) is 26.0 Å². The fourth-order valence-electron chi connectivity index (χ4n) is 10.6. The minimum atomic E-state index is -1.43. The number of hydrogen-bond acceptors (Lipinski definition) is 16. The summed E-state index contributed by atoms with van der Waals surface area (Å²) in [6, 6.07) is 5.14. The molecule has 2 saturated heterocycles. The van der Waals surface area contributed by atoms with Gasteiger partial charge in [0.05, 0.1) is 37.6 Å². The third-order valence-electron chi connectivity index (χ3n) is 12.9. The van der Waals surface area contributed by atoms with Gasteiger partial charge in [0.15, 0.2) is 40.0 Å². The summed E-state index contributed by atoms with van der Waals surface area (Å²) in [6.45, 7) is 13.5. The number of nitriles is 1. The molecule has 0 aliphatic carbocycles. The van der Waals surface area contributed by atoms with Gasteiger partial charge >= 0.3 is 12.1 Å². The predicted molar refractivity (Wildman–Crippen MR) is 223 cm³/mol. The van der Waals surface area contributed by atoms with Crippen molar-refractivity contribution in [1.29, 1.82) is 5.26 Å². The molecule has 1 unspecified atom stereocenters. The Morgan fingerprint density at radius 1 is 1.07 bits per heavy atom. The van der Waals surface area contributed by atoms with Gasteiger partial charge < -0.3 is 43.4 Å². The van der Waals surface area contributed by atoms with E-state index in [1.807, 2.05) is 19.1 Å². The topological polar surface area (TPSA) is 182 Å². The first-order valence-corrected chi connectivity index (χ1v) is 21.5. The van der Waals surface area contributed by atoms with Crippen LogP contribution in [0.25, 0.3) is 0 Å². The van der Waals surface area contributed by atoms with Crippen molar-refractivity contribution < 1.29 is 53.0 Å². The Labute approximate surface area is 358 Å². The van der Waals surface area contributed by atoms with Gasteiger partial charge in [-0.2, -0.15) is 5.26 Å². The maximum atomic E-state index is 15.0. The third kappa shape index (κ3) is 6.18. The maximum Gasteiger partial charge on any atom is 0.514 e. The molecule has 4 bridgehead atoms. The van der Waals surface area contributed by atoms with Crippen LogP contribution in [0.1, 0.15) is 82.6 Å². The first-order valence-electron chi connectivity index (χ1n) is 20.4. The fourth-order valence-corrected chi connectivity index (χ4v) is 12.3. The van der Waals surface area contributed by atoms with Gasteiger partial charge in [-0.3, -0.25) is 15.1 Å². The molecule has 7 aliphatic rings. The van der Waals surface area contributed by atoms with Crippen molar-refractivity contribution in [2.24, 2.45) is 0 Å². The highest BCUT2D eigenvalue weighted by molar-refractivity contribution is 7.99. The lowest BCUT2D eigenvalue weighted by Gasteiger charge is -2.62. The lowest BCUT2D eigenvalue weighted by molar-refractivity contribution is -0.157. The first-order chi connectivity index (χ1) is 29.2. The normalized spacial score (nSPS) is 27.4. The molecule has 0 aromatic heterocycles. The number of phenolic OH excluding ortho intramolecular Hbond substituents is 2. The van der Waals surface area contributed by atoms with Gasteiger partial charge in [-0.15, -0.1) is 18.3 Å². The number of rotatable bonds is 5. The van der Waals surface area contributed by atoms with Crippen LogP contribution in [0.4, 0.5) is 4.79 Å². The van der Waals surface area contributed by atoms with E-state index in [0.717, 1.165) is 16.7 Å². The lowest BCUT2D eigenvalue weighted by Crippen LogP contribution is -2.70. The fraction of sp³-hybridized carbons (Fsp3) is 0.489.